The number of nitrogens with zero attached hydrogens (tertiary/aromatic N) is 1. The largest absolute Gasteiger partial charge is 0.322 e. The van der Waals surface area contributed by atoms with Gasteiger partial charge in [0.1, 0.15) is 0 Å². The SMILES string of the molecule is CSCN1CNC(=O)NC1=S. The molecule has 4 nitrogen and oxygen atoms in total. The average molecular weight is 191 g/mol. The second-order valence-corrected chi connectivity index (χ2v) is 3.27. The van der Waals surface area contributed by atoms with Crippen molar-refractivity contribution in [3.05, 3.63) is 0 Å². The molecule has 1 fully saturated rings. The fraction of sp³-hybridized carbons (Fsp3) is 0.600. The van der Waals surface area contributed by atoms with Crippen molar-refractivity contribution in [1.29, 1.82) is 0 Å². The van der Waals surface area contributed by atoms with Crippen molar-refractivity contribution < 1.29 is 4.79 Å². The Labute approximate surface area is 74.7 Å². The van der Waals surface area contributed by atoms with Gasteiger partial charge >= 0.3 is 6.03 Å². The Bertz CT molecular complexity index is 185. The van der Waals surface area contributed by atoms with Crippen molar-refractivity contribution >= 4 is 35.1 Å². The van der Waals surface area contributed by atoms with Crippen molar-refractivity contribution in [3.8, 4) is 0 Å². The number of amides is 2. The lowest BCUT2D eigenvalue weighted by Crippen LogP contribution is -2.56. The second kappa shape index (κ2) is 3.77. The second-order valence-electron chi connectivity index (χ2n) is 2.05. The highest BCUT2D eigenvalue weighted by Crippen LogP contribution is 2.00. The van der Waals surface area contributed by atoms with Crippen LogP contribution in [0.2, 0.25) is 0 Å². The molecule has 0 aromatic rings. The molecule has 1 rings (SSSR count). The van der Waals surface area contributed by atoms with E-state index in [1.165, 1.54) is 0 Å². The van der Waals surface area contributed by atoms with Crippen molar-refractivity contribution in [1.82, 2.24) is 15.5 Å². The quantitative estimate of drug-likeness (QED) is 0.610. The Morgan fingerprint density at radius 2 is 2.55 bits per heavy atom. The topological polar surface area (TPSA) is 44.4 Å². The zero-order valence-corrected chi connectivity index (χ0v) is 7.72. The average Bonchev–Trinajstić information content (AvgIpc) is 1.95. The van der Waals surface area contributed by atoms with Crippen LogP contribution < -0.4 is 10.6 Å². The van der Waals surface area contributed by atoms with Crippen LogP contribution in [-0.4, -0.2) is 34.8 Å². The van der Waals surface area contributed by atoms with E-state index in [0.29, 0.717) is 11.8 Å². The first kappa shape index (κ1) is 8.61. The van der Waals surface area contributed by atoms with Gasteiger partial charge in [-0.05, 0) is 18.5 Å². The maximum atomic E-state index is 10.7. The van der Waals surface area contributed by atoms with Gasteiger partial charge in [0.2, 0.25) is 0 Å². The number of hydrogen-bond acceptors (Lipinski definition) is 3. The highest BCUT2D eigenvalue weighted by Gasteiger charge is 2.17. The maximum absolute atomic E-state index is 10.7. The fourth-order valence-electron chi connectivity index (χ4n) is 0.720. The van der Waals surface area contributed by atoms with Gasteiger partial charge < -0.3 is 10.2 Å². The molecular weight excluding hydrogens is 182 g/mol. The van der Waals surface area contributed by atoms with Gasteiger partial charge in [-0.15, -0.1) is 11.8 Å². The van der Waals surface area contributed by atoms with Crippen LogP contribution in [0.4, 0.5) is 4.79 Å². The minimum atomic E-state index is -0.215. The molecule has 0 aliphatic carbocycles. The molecule has 6 heteroatoms. The Morgan fingerprint density at radius 3 is 3.09 bits per heavy atom. The van der Waals surface area contributed by atoms with Gasteiger partial charge in [0.15, 0.2) is 5.11 Å². The summed E-state index contributed by atoms with van der Waals surface area (Å²) in [5, 5.41) is 5.63. The van der Waals surface area contributed by atoms with E-state index in [9.17, 15) is 4.79 Å². The number of hydrogen-bond donors (Lipinski definition) is 2. The summed E-state index contributed by atoms with van der Waals surface area (Å²) in [4.78, 5) is 12.6. The molecule has 0 aromatic heterocycles. The smallest absolute Gasteiger partial charge is 0.322 e. The molecule has 11 heavy (non-hydrogen) atoms. The molecule has 1 aliphatic rings. The van der Waals surface area contributed by atoms with E-state index in [-0.39, 0.29) is 6.03 Å². The van der Waals surface area contributed by atoms with Crippen LogP contribution in [0.5, 0.6) is 0 Å². The molecule has 1 aliphatic heterocycles. The summed E-state index contributed by atoms with van der Waals surface area (Å²) in [5.41, 5.74) is 0. The third kappa shape index (κ3) is 2.23. The number of rotatable bonds is 2. The summed E-state index contributed by atoms with van der Waals surface area (Å²) in [7, 11) is 0. The Hall–Kier alpha value is -0.490. The summed E-state index contributed by atoms with van der Waals surface area (Å²) >= 11 is 6.57. The fourth-order valence-corrected chi connectivity index (χ4v) is 1.56. The van der Waals surface area contributed by atoms with E-state index in [1.54, 1.807) is 11.8 Å². The number of urea groups is 1. The minimum absolute atomic E-state index is 0.215. The Balaban J connectivity index is 2.44. The van der Waals surface area contributed by atoms with Crippen molar-refractivity contribution in [2.24, 2.45) is 0 Å². The number of carbonyl (C=O) groups excluding carboxylic acids is 1. The maximum Gasteiger partial charge on any atom is 0.322 e. The monoisotopic (exact) mass is 191 g/mol. The van der Waals surface area contributed by atoms with E-state index in [1.807, 2.05) is 11.2 Å². The molecule has 0 spiro atoms. The van der Waals surface area contributed by atoms with E-state index in [2.05, 4.69) is 10.6 Å². The summed E-state index contributed by atoms with van der Waals surface area (Å²) in [6.07, 6.45) is 1.99. The first-order valence-corrected chi connectivity index (χ1v) is 4.87. The lowest BCUT2D eigenvalue weighted by molar-refractivity contribution is 0.234. The van der Waals surface area contributed by atoms with E-state index in [4.69, 9.17) is 12.2 Å². The molecule has 0 saturated carbocycles. The molecule has 62 valence electrons. The molecule has 1 heterocycles. The van der Waals surface area contributed by atoms with Crippen molar-refractivity contribution in [3.63, 3.8) is 0 Å². The number of thiocarbonyl (C=S) groups is 1. The van der Waals surface area contributed by atoms with Crippen molar-refractivity contribution in [2.45, 2.75) is 0 Å². The van der Waals surface area contributed by atoms with E-state index < -0.39 is 0 Å². The van der Waals surface area contributed by atoms with Crippen LogP contribution in [0.1, 0.15) is 0 Å². The molecule has 0 aromatic carbocycles. The van der Waals surface area contributed by atoms with Crippen LogP contribution in [0.25, 0.3) is 0 Å². The third-order valence-corrected chi connectivity index (χ3v) is 2.15. The van der Waals surface area contributed by atoms with Crippen LogP contribution in [0.3, 0.4) is 0 Å². The molecule has 2 N–H and O–H groups in total. The number of nitrogens with one attached hydrogen (secondary N) is 2. The first-order valence-electron chi connectivity index (χ1n) is 3.06. The predicted molar refractivity (Wildman–Crippen MR) is 49.4 cm³/mol. The number of carbonyl (C=O) groups is 1. The Kier molecular flexibility index (Phi) is 2.95. The lowest BCUT2D eigenvalue weighted by atomic mass is 10.7. The summed E-state index contributed by atoms with van der Waals surface area (Å²) in [6, 6.07) is -0.215. The standard InChI is InChI=1S/C5H9N3OS2/c1-11-3-8-2-6-4(9)7-5(8)10/h2-3H2,1H3,(H2,6,7,9,10). The van der Waals surface area contributed by atoms with Gasteiger partial charge in [0.05, 0.1) is 12.5 Å². The van der Waals surface area contributed by atoms with Crippen LogP contribution in [-0.2, 0) is 0 Å². The molecule has 0 radical (unpaired) electrons. The van der Waals surface area contributed by atoms with Crippen molar-refractivity contribution in [2.75, 3.05) is 18.8 Å². The lowest BCUT2D eigenvalue weighted by Gasteiger charge is -2.29. The van der Waals surface area contributed by atoms with Gasteiger partial charge in [0.25, 0.3) is 0 Å². The minimum Gasteiger partial charge on any atom is -0.322 e. The van der Waals surface area contributed by atoms with Gasteiger partial charge in [-0.25, -0.2) is 4.79 Å². The zero-order valence-electron chi connectivity index (χ0n) is 6.09. The van der Waals surface area contributed by atoms with Crippen LogP contribution in [0, 0.1) is 0 Å². The molecule has 0 bridgehead atoms. The van der Waals surface area contributed by atoms with Gasteiger partial charge in [-0.2, -0.15) is 0 Å². The predicted octanol–water partition coefficient (Wildman–Crippen LogP) is 0.164. The van der Waals surface area contributed by atoms with Crippen LogP contribution >= 0.6 is 24.0 Å². The normalized spacial score (nSPS) is 17.7. The zero-order chi connectivity index (χ0) is 8.27. The van der Waals surface area contributed by atoms with Gasteiger partial charge in [-0.1, -0.05) is 0 Å². The van der Waals surface area contributed by atoms with E-state index in [0.717, 1.165) is 5.88 Å². The first-order chi connectivity index (χ1) is 5.24. The van der Waals surface area contributed by atoms with Gasteiger partial charge in [-0.3, -0.25) is 5.32 Å². The number of thioether (sulfide) groups is 1. The highest BCUT2D eigenvalue weighted by atomic mass is 32.2. The third-order valence-electron chi connectivity index (χ3n) is 1.22. The summed E-state index contributed by atoms with van der Waals surface area (Å²) < 4.78 is 0. The molecule has 2 amide bonds. The van der Waals surface area contributed by atoms with E-state index >= 15 is 0 Å². The Morgan fingerprint density at radius 1 is 1.82 bits per heavy atom. The highest BCUT2D eigenvalue weighted by molar-refractivity contribution is 7.98. The molecule has 0 atom stereocenters. The molecule has 0 unspecified atom stereocenters. The van der Waals surface area contributed by atoms with Gasteiger partial charge in [0, 0.05) is 0 Å². The molecule has 1 saturated heterocycles. The summed E-state index contributed by atoms with van der Waals surface area (Å²) in [6.45, 7) is 0.505. The molecular formula is C5H9N3OS2. The van der Waals surface area contributed by atoms with Crippen LogP contribution in [0.15, 0.2) is 0 Å². The summed E-state index contributed by atoms with van der Waals surface area (Å²) in [5.74, 6) is 0.798.